The number of nitrogens with zero attached hydrogens (tertiary/aromatic N) is 4. The number of rotatable bonds is 2. The van der Waals surface area contributed by atoms with Gasteiger partial charge in [0, 0.05) is 24.8 Å². The molecule has 1 radical (unpaired) electrons. The SMILES string of the molecule is [Cl-].[Cl-].[Cl-].[Ru+3].c1ccc(-c2ccccn2)nc1.c1ccc(-c2ccccn2)nc1. The quantitative estimate of drug-likeness (QED) is 0.250. The van der Waals surface area contributed by atoms with Gasteiger partial charge in [0.2, 0.25) is 0 Å². The Morgan fingerprint density at radius 2 is 0.571 bits per heavy atom. The predicted octanol–water partition coefficient (Wildman–Crippen LogP) is -4.70. The maximum Gasteiger partial charge on any atom is 3.00 e. The van der Waals surface area contributed by atoms with Gasteiger partial charge in [0.05, 0.1) is 22.8 Å². The minimum Gasteiger partial charge on any atom is -1.00 e. The van der Waals surface area contributed by atoms with Gasteiger partial charge < -0.3 is 37.2 Å². The molecule has 0 atom stereocenters. The van der Waals surface area contributed by atoms with E-state index < -0.39 is 0 Å². The molecule has 0 aliphatic rings. The van der Waals surface area contributed by atoms with Crippen molar-refractivity contribution in [2.75, 3.05) is 0 Å². The summed E-state index contributed by atoms with van der Waals surface area (Å²) in [5.41, 5.74) is 3.66. The van der Waals surface area contributed by atoms with Crippen molar-refractivity contribution in [2.24, 2.45) is 0 Å². The average molecular weight is 520 g/mol. The van der Waals surface area contributed by atoms with Gasteiger partial charge in [-0.05, 0) is 48.5 Å². The van der Waals surface area contributed by atoms with Crippen LogP contribution in [0.1, 0.15) is 0 Å². The third-order valence-corrected chi connectivity index (χ3v) is 3.18. The van der Waals surface area contributed by atoms with Crippen molar-refractivity contribution >= 4 is 0 Å². The van der Waals surface area contributed by atoms with Crippen molar-refractivity contribution in [2.45, 2.75) is 0 Å². The molecule has 0 unspecified atom stereocenters. The van der Waals surface area contributed by atoms with Gasteiger partial charge in [0.25, 0.3) is 0 Å². The van der Waals surface area contributed by atoms with Crippen molar-refractivity contribution in [3.8, 4) is 22.8 Å². The van der Waals surface area contributed by atoms with Gasteiger partial charge in [-0.3, -0.25) is 19.9 Å². The Hall–Kier alpha value is -1.91. The minimum atomic E-state index is 0. The van der Waals surface area contributed by atoms with Gasteiger partial charge in [-0.15, -0.1) is 0 Å². The fourth-order valence-corrected chi connectivity index (χ4v) is 2.06. The number of hydrogen-bond donors (Lipinski definition) is 0. The van der Waals surface area contributed by atoms with Gasteiger partial charge in [0.1, 0.15) is 0 Å². The Morgan fingerprint density at radius 3 is 0.714 bits per heavy atom. The van der Waals surface area contributed by atoms with E-state index in [4.69, 9.17) is 0 Å². The summed E-state index contributed by atoms with van der Waals surface area (Å²) in [6.07, 6.45) is 7.07. The zero-order valence-corrected chi connectivity index (χ0v) is 18.5. The van der Waals surface area contributed by atoms with Crippen molar-refractivity contribution < 1.29 is 56.7 Å². The van der Waals surface area contributed by atoms with Gasteiger partial charge in [-0.2, -0.15) is 0 Å². The molecule has 8 heteroatoms. The topological polar surface area (TPSA) is 51.6 Å². The smallest absolute Gasteiger partial charge is 1.00 e. The number of pyridine rings is 4. The summed E-state index contributed by atoms with van der Waals surface area (Å²) in [6, 6.07) is 23.2. The monoisotopic (exact) mass is 519 g/mol. The van der Waals surface area contributed by atoms with E-state index in [9.17, 15) is 0 Å². The molecule has 4 rings (SSSR count). The second-order valence-corrected chi connectivity index (χ2v) is 4.86. The second kappa shape index (κ2) is 16.1. The molecule has 4 nitrogen and oxygen atoms in total. The maximum absolute atomic E-state index is 4.19. The molecule has 4 aromatic rings. The minimum absolute atomic E-state index is 0. The van der Waals surface area contributed by atoms with Crippen LogP contribution in [0.5, 0.6) is 0 Å². The first kappa shape index (κ1) is 28.3. The van der Waals surface area contributed by atoms with Crippen molar-refractivity contribution in [1.82, 2.24) is 19.9 Å². The predicted molar refractivity (Wildman–Crippen MR) is 94.9 cm³/mol. The van der Waals surface area contributed by atoms with Gasteiger partial charge in [-0.1, -0.05) is 24.3 Å². The van der Waals surface area contributed by atoms with Crippen LogP contribution in [-0.2, 0) is 19.5 Å². The van der Waals surface area contributed by atoms with Crippen LogP contribution in [0.4, 0.5) is 0 Å². The van der Waals surface area contributed by atoms with E-state index in [-0.39, 0.29) is 56.7 Å². The van der Waals surface area contributed by atoms with Crippen LogP contribution in [0.25, 0.3) is 22.8 Å². The summed E-state index contributed by atoms with van der Waals surface area (Å²) < 4.78 is 0. The van der Waals surface area contributed by atoms with Crippen LogP contribution in [0.15, 0.2) is 97.6 Å². The molecule has 145 valence electrons. The van der Waals surface area contributed by atoms with E-state index in [0.717, 1.165) is 22.8 Å². The number of aromatic nitrogens is 4. The normalized spacial score (nSPS) is 8.29. The first-order valence-electron chi connectivity index (χ1n) is 7.58. The van der Waals surface area contributed by atoms with Crippen LogP contribution in [0.2, 0.25) is 0 Å². The Labute approximate surface area is 196 Å². The first-order valence-corrected chi connectivity index (χ1v) is 7.58. The van der Waals surface area contributed by atoms with E-state index in [2.05, 4.69) is 19.9 Å². The third kappa shape index (κ3) is 8.85. The fourth-order valence-electron chi connectivity index (χ4n) is 2.06. The molecule has 0 aromatic carbocycles. The molecule has 0 N–H and O–H groups in total. The summed E-state index contributed by atoms with van der Waals surface area (Å²) in [7, 11) is 0. The first-order chi connectivity index (χ1) is 11.9. The maximum atomic E-state index is 4.19. The van der Waals surface area contributed by atoms with Gasteiger partial charge >= 0.3 is 19.5 Å². The number of hydrogen-bond acceptors (Lipinski definition) is 4. The molecule has 4 aromatic heterocycles. The summed E-state index contributed by atoms with van der Waals surface area (Å²) in [5.74, 6) is 0. The van der Waals surface area contributed by atoms with Crippen LogP contribution < -0.4 is 37.2 Å². The summed E-state index contributed by atoms with van der Waals surface area (Å²) >= 11 is 0. The van der Waals surface area contributed by atoms with E-state index >= 15 is 0 Å². The molecule has 0 aliphatic heterocycles. The van der Waals surface area contributed by atoms with E-state index in [0.29, 0.717) is 0 Å². The van der Waals surface area contributed by atoms with E-state index in [1.807, 2.05) is 72.8 Å². The molecule has 4 heterocycles. The molecule has 0 saturated carbocycles. The van der Waals surface area contributed by atoms with Crippen molar-refractivity contribution in [3.63, 3.8) is 0 Å². The number of halogens is 3. The molecule has 0 bridgehead atoms. The Balaban J connectivity index is 0. The van der Waals surface area contributed by atoms with Crippen LogP contribution >= 0.6 is 0 Å². The zero-order chi connectivity index (χ0) is 16.5. The van der Waals surface area contributed by atoms with Crippen LogP contribution in [-0.4, -0.2) is 19.9 Å². The zero-order valence-electron chi connectivity index (χ0n) is 14.5. The van der Waals surface area contributed by atoms with E-state index in [1.165, 1.54) is 0 Å². The molecular formula is C20H16Cl3N4Ru. The Morgan fingerprint density at radius 1 is 0.357 bits per heavy atom. The van der Waals surface area contributed by atoms with Crippen LogP contribution in [0, 0.1) is 0 Å². The molecule has 0 saturated heterocycles. The summed E-state index contributed by atoms with van der Waals surface area (Å²) in [6.45, 7) is 0. The van der Waals surface area contributed by atoms with E-state index in [1.54, 1.807) is 24.8 Å². The second-order valence-electron chi connectivity index (χ2n) is 4.86. The molecule has 0 amide bonds. The molecule has 28 heavy (non-hydrogen) atoms. The molecule has 0 fully saturated rings. The van der Waals surface area contributed by atoms with Gasteiger partial charge in [0.15, 0.2) is 0 Å². The summed E-state index contributed by atoms with van der Waals surface area (Å²) in [4.78, 5) is 16.7. The largest absolute Gasteiger partial charge is 3.00 e. The molecule has 0 aliphatic carbocycles. The van der Waals surface area contributed by atoms with Gasteiger partial charge in [-0.25, -0.2) is 0 Å². The van der Waals surface area contributed by atoms with Crippen molar-refractivity contribution in [1.29, 1.82) is 0 Å². The van der Waals surface area contributed by atoms with Crippen molar-refractivity contribution in [3.05, 3.63) is 97.6 Å². The van der Waals surface area contributed by atoms with Crippen LogP contribution in [0.3, 0.4) is 0 Å². The third-order valence-electron chi connectivity index (χ3n) is 3.18. The molecule has 0 spiro atoms. The Kier molecular flexibility index (Phi) is 16.3. The summed E-state index contributed by atoms with van der Waals surface area (Å²) in [5, 5.41) is 0. The molecular weight excluding hydrogens is 504 g/mol. The standard InChI is InChI=1S/2C10H8N2.3ClH.Ru/c2*1-3-7-11-9(5-1)10-6-2-4-8-12-10;;;;/h2*1-8H;3*1H;/q;;;;;+3/p-3. The fraction of sp³-hybridized carbons (Fsp3) is 0. The average Bonchev–Trinajstić information content (AvgIpc) is 2.71. The Bertz CT molecular complexity index is 705.